The van der Waals surface area contributed by atoms with E-state index in [1.807, 2.05) is 6.07 Å². The molecule has 4 rings (SSSR count). The molecule has 0 radical (unpaired) electrons. The van der Waals surface area contributed by atoms with Gasteiger partial charge in [0, 0.05) is 12.4 Å². The van der Waals surface area contributed by atoms with Gasteiger partial charge >= 0.3 is 6.18 Å². The molecule has 0 bridgehead atoms. The first-order valence-electron chi connectivity index (χ1n) is 10.4. The molecule has 1 unspecified atom stereocenters. The SMILES string of the molecule is [C-]#[N+]c1ccc(C(O)(c2ccc3nc(OC)c(OCC(F)(F)F)c(C#N)c3c2)c2cncn2C)cc1. The normalized spacial score (nSPS) is 13.0. The van der Waals surface area contributed by atoms with Gasteiger partial charge in [-0.15, -0.1) is 0 Å². The second kappa shape index (κ2) is 9.21. The van der Waals surface area contributed by atoms with E-state index in [-0.39, 0.29) is 22.3 Å². The highest BCUT2D eigenvalue weighted by atomic mass is 19.4. The van der Waals surface area contributed by atoms with Crippen LogP contribution in [-0.2, 0) is 12.6 Å². The molecule has 36 heavy (non-hydrogen) atoms. The molecule has 0 aliphatic heterocycles. The van der Waals surface area contributed by atoms with Gasteiger partial charge in [0.2, 0.25) is 0 Å². The first-order valence-corrected chi connectivity index (χ1v) is 10.4. The predicted molar refractivity (Wildman–Crippen MR) is 123 cm³/mol. The number of rotatable bonds is 6. The van der Waals surface area contributed by atoms with Gasteiger partial charge in [0.25, 0.3) is 5.88 Å². The summed E-state index contributed by atoms with van der Waals surface area (Å²) in [4.78, 5) is 11.7. The van der Waals surface area contributed by atoms with Crippen LogP contribution in [0.4, 0.5) is 18.9 Å². The summed E-state index contributed by atoms with van der Waals surface area (Å²) in [5, 5.41) is 22.1. The molecule has 2 aromatic heterocycles. The fourth-order valence-electron chi connectivity index (χ4n) is 3.93. The second-order valence-electron chi connectivity index (χ2n) is 7.83. The van der Waals surface area contributed by atoms with Gasteiger partial charge in [-0.05, 0) is 23.3 Å². The quantitative estimate of drug-likeness (QED) is 0.394. The Labute approximate surface area is 203 Å². The topological polar surface area (TPSA) is 97.6 Å². The van der Waals surface area contributed by atoms with Crippen molar-refractivity contribution in [2.45, 2.75) is 11.8 Å². The van der Waals surface area contributed by atoms with Crippen LogP contribution in [0, 0.1) is 17.9 Å². The Balaban J connectivity index is 1.98. The number of imidazole rings is 1. The number of aliphatic hydroxyl groups is 1. The summed E-state index contributed by atoms with van der Waals surface area (Å²) in [7, 11) is 2.90. The highest BCUT2D eigenvalue weighted by Crippen LogP contribution is 2.41. The van der Waals surface area contributed by atoms with Gasteiger partial charge in [-0.25, -0.2) is 14.8 Å². The Morgan fingerprint density at radius 3 is 2.42 bits per heavy atom. The zero-order valence-electron chi connectivity index (χ0n) is 19.0. The monoisotopic (exact) mass is 493 g/mol. The van der Waals surface area contributed by atoms with E-state index >= 15 is 0 Å². The lowest BCUT2D eigenvalue weighted by Crippen LogP contribution is -2.31. The van der Waals surface area contributed by atoms with Crippen molar-refractivity contribution in [2.24, 2.45) is 7.05 Å². The lowest BCUT2D eigenvalue weighted by Gasteiger charge is -2.30. The first kappa shape index (κ1) is 24.5. The van der Waals surface area contributed by atoms with E-state index in [1.165, 1.54) is 31.8 Å². The molecule has 0 spiro atoms. The molecule has 0 saturated heterocycles. The molecule has 0 aliphatic carbocycles. The number of fused-ring (bicyclic) bond motifs is 1. The van der Waals surface area contributed by atoms with Crippen molar-refractivity contribution in [3.8, 4) is 17.7 Å². The molecule has 2 aromatic carbocycles. The van der Waals surface area contributed by atoms with Gasteiger partial charge in [-0.3, -0.25) is 0 Å². The smallest absolute Gasteiger partial charge is 0.422 e. The zero-order valence-corrected chi connectivity index (χ0v) is 19.0. The summed E-state index contributed by atoms with van der Waals surface area (Å²) in [5.74, 6) is -0.722. The molecule has 4 aromatic rings. The highest BCUT2D eigenvalue weighted by molar-refractivity contribution is 5.89. The fourth-order valence-corrected chi connectivity index (χ4v) is 3.93. The van der Waals surface area contributed by atoms with Crippen LogP contribution in [0.1, 0.15) is 22.4 Å². The fraction of sp³-hybridized carbons (Fsp3) is 0.200. The molecule has 11 heteroatoms. The third kappa shape index (κ3) is 4.28. The lowest BCUT2D eigenvalue weighted by molar-refractivity contribution is -0.153. The van der Waals surface area contributed by atoms with Crippen LogP contribution in [0.15, 0.2) is 55.0 Å². The number of halogens is 3. The van der Waals surface area contributed by atoms with Crippen molar-refractivity contribution in [2.75, 3.05) is 13.7 Å². The number of nitrogens with zero attached hydrogens (tertiary/aromatic N) is 5. The summed E-state index contributed by atoms with van der Waals surface area (Å²) in [6.45, 7) is 5.55. The Kier molecular flexibility index (Phi) is 6.27. The number of aromatic nitrogens is 3. The first-order chi connectivity index (χ1) is 17.1. The molecular weight excluding hydrogens is 475 g/mol. The van der Waals surface area contributed by atoms with Crippen LogP contribution in [0.2, 0.25) is 0 Å². The van der Waals surface area contributed by atoms with E-state index < -0.39 is 24.1 Å². The number of hydrogen-bond donors (Lipinski definition) is 1. The maximum Gasteiger partial charge on any atom is 0.422 e. The summed E-state index contributed by atoms with van der Waals surface area (Å²) < 4.78 is 50.2. The van der Waals surface area contributed by atoms with E-state index in [0.29, 0.717) is 22.5 Å². The molecule has 1 N–H and O–H groups in total. The lowest BCUT2D eigenvalue weighted by atomic mass is 9.82. The van der Waals surface area contributed by atoms with Gasteiger partial charge in [0.15, 0.2) is 23.6 Å². The minimum atomic E-state index is -4.65. The summed E-state index contributed by atoms with van der Waals surface area (Å²) in [6, 6.07) is 12.8. The minimum absolute atomic E-state index is 0.159. The molecule has 0 saturated carbocycles. The second-order valence-corrected chi connectivity index (χ2v) is 7.83. The van der Waals surface area contributed by atoms with Crippen molar-refractivity contribution in [3.05, 3.63) is 88.8 Å². The van der Waals surface area contributed by atoms with Crippen LogP contribution < -0.4 is 9.47 Å². The standard InChI is InChI=1S/C25H18F3N5O3/c1-30-17-7-4-15(5-8-17)25(34,21-12-31-14-33(21)2)16-6-9-20-18(10-16)19(11-29)22(23(32-20)35-3)36-13-24(26,27)28/h4-10,12,14,34H,13H2,2-3H3. The maximum atomic E-state index is 12.9. The molecule has 8 nitrogen and oxygen atoms in total. The van der Waals surface area contributed by atoms with Gasteiger partial charge in [-0.1, -0.05) is 30.3 Å². The van der Waals surface area contributed by atoms with E-state index in [2.05, 4.69) is 14.8 Å². The van der Waals surface area contributed by atoms with Gasteiger partial charge in [0.05, 0.1) is 37.4 Å². The van der Waals surface area contributed by atoms with Crippen LogP contribution in [0.25, 0.3) is 15.7 Å². The van der Waals surface area contributed by atoms with E-state index in [0.717, 1.165) is 0 Å². The average molecular weight is 493 g/mol. The number of pyridine rings is 1. The van der Waals surface area contributed by atoms with Gasteiger partial charge in [0.1, 0.15) is 11.6 Å². The number of hydrogen-bond acceptors (Lipinski definition) is 6. The maximum absolute atomic E-state index is 12.9. The third-order valence-electron chi connectivity index (χ3n) is 5.61. The molecular formula is C25H18F3N5O3. The summed E-state index contributed by atoms with van der Waals surface area (Å²) >= 11 is 0. The van der Waals surface area contributed by atoms with Gasteiger partial charge in [-0.2, -0.15) is 18.4 Å². The number of methoxy groups -OCH3 is 1. The van der Waals surface area contributed by atoms with E-state index in [1.54, 1.807) is 41.9 Å². The number of nitriles is 1. The summed E-state index contributed by atoms with van der Waals surface area (Å²) in [5.41, 5.74) is -0.309. The summed E-state index contributed by atoms with van der Waals surface area (Å²) in [6.07, 6.45) is -1.67. The van der Waals surface area contributed by atoms with Crippen molar-refractivity contribution >= 4 is 16.6 Å². The third-order valence-corrected chi connectivity index (χ3v) is 5.61. The molecule has 0 aliphatic rings. The predicted octanol–water partition coefficient (Wildman–Crippen LogP) is 4.62. The van der Waals surface area contributed by atoms with Crippen molar-refractivity contribution in [1.82, 2.24) is 14.5 Å². The average Bonchev–Trinajstić information content (AvgIpc) is 3.31. The minimum Gasteiger partial charge on any atom is -0.478 e. The number of benzene rings is 2. The Morgan fingerprint density at radius 2 is 1.86 bits per heavy atom. The van der Waals surface area contributed by atoms with Crippen LogP contribution in [0.5, 0.6) is 11.6 Å². The molecule has 0 amide bonds. The molecule has 182 valence electrons. The van der Waals surface area contributed by atoms with Crippen LogP contribution >= 0.6 is 0 Å². The number of ether oxygens (including phenoxy) is 2. The van der Waals surface area contributed by atoms with Crippen molar-refractivity contribution in [1.29, 1.82) is 5.26 Å². The largest absolute Gasteiger partial charge is 0.478 e. The van der Waals surface area contributed by atoms with Crippen molar-refractivity contribution in [3.63, 3.8) is 0 Å². The van der Waals surface area contributed by atoms with E-state index in [4.69, 9.17) is 16.0 Å². The van der Waals surface area contributed by atoms with Gasteiger partial charge < -0.3 is 19.1 Å². The molecule has 0 fully saturated rings. The number of aryl methyl sites for hydroxylation is 1. The van der Waals surface area contributed by atoms with E-state index in [9.17, 15) is 23.5 Å². The van der Waals surface area contributed by atoms with Crippen molar-refractivity contribution < 1.29 is 27.8 Å². The highest BCUT2D eigenvalue weighted by Gasteiger charge is 2.37. The Hall–Kier alpha value is -4.61. The zero-order chi connectivity index (χ0) is 26.1. The Bertz CT molecular complexity index is 1520. The Morgan fingerprint density at radius 1 is 1.17 bits per heavy atom. The molecule has 2 heterocycles. The van der Waals surface area contributed by atoms with Crippen LogP contribution in [-0.4, -0.2) is 39.5 Å². The molecule has 1 atom stereocenters. The van der Waals surface area contributed by atoms with Crippen LogP contribution in [0.3, 0.4) is 0 Å². The number of alkyl halides is 3.